The van der Waals surface area contributed by atoms with Gasteiger partial charge in [-0.2, -0.15) is 0 Å². The van der Waals surface area contributed by atoms with Crippen molar-refractivity contribution in [1.29, 1.82) is 0 Å². The van der Waals surface area contributed by atoms with Gasteiger partial charge >= 0.3 is 0 Å². The van der Waals surface area contributed by atoms with Crippen LogP contribution in [0, 0.1) is 5.82 Å². The number of fused-ring (bicyclic) bond motifs is 1. The SMILES string of the molecule is CCN1CCOc2ccccc2CCCCC2(CN(Cc3ccc(F)cc3)CCO2)C1=O. The van der Waals surface area contributed by atoms with Crippen molar-refractivity contribution in [3.63, 3.8) is 0 Å². The maximum absolute atomic E-state index is 13.7. The van der Waals surface area contributed by atoms with Crippen LogP contribution in [0.2, 0.25) is 0 Å². The first-order valence-corrected chi connectivity index (χ1v) is 11.7. The number of carbonyl (C=O) groups is 1. The lowest BCUT2D eigenvalue weighted by molar-refractivity contribution is -0.173. The molecule has 1 amide bonds. The molecule has 4 rings (SSSR count). The molecule has 2 aliphatic rings. The Morgan fingerprint density at radius 3 is 2.66 bits per heavy atom. The van der Waals surface area contributed by atoms with E-state index < -0.39 is 5.60 Å². The highest BCUT2D eigenvalue weighted by molar-refractivity contribution is 5.85. The van der Waals surface area contributed by atoms with Gasteiger partial charge in [0.1, 0.15) is 18.2 Å². The van der Waals surface area contributed by atoms with E-state index in [0.717, 1.165) is 37.1 Å². The number of likely N-dealkylation sites (N-methyl/N-ethyl adjacent to an activating group) is 1. The van der Waals surface area contributed by atoms with Crippen LogP contribution in [0.25, 0.3) is 0 Å². The largest absolute Gasteiger partial charge is 0.491 e. The molecule has 1 fully saturated rings. The normalized spacial score (nSPS) is 23.2. The number of carbonyl (C=O) groups excluding carboxylic acids is 1. The topological polar surface area (TPSA) is 42.0 Å². The average molecular weight is 441 g/mol. The van der Waals surface area contributed by atoms with Crippen molar-refractivity contribution < 1.29 is 18.7 Å². The van der Waals surface area contributed by atoms with Crippen LogP contribution in [0.3, 0.4) is 0 Å². The first-order chi connectivity index (χ1) is 15.6. The van der Waals surface area contributed by atoms with Crippen LogP contribution in [-0.2, 0) is 22.5 Å². The maximum Gasteiger partial charge on any atom is 0.256 e. The third-order valence-corrected chi connectivity index (χ3v) is 6.51. The minimum Gasteiger partial charge on any atom is -0.491 e. The van der Waals surface area contributed by atoms with Gasteiger partial charge in [-0.25, -0.2) is 4.39 Å². The predicted molar refractivity (Wildman–Crippen MR) is 122 cm³/mol. The van der Waals surface area contributed by atoms with Crippen LogP contribution >= 0.6 is 0 Å². The molecule has 1 saturated heterocycles. The third kappa shape index (κ3) is 5.30. The summed E-state index contributed by atoms with van der Waals surface area (Å²) >= 11 is 0. The van der Waals surface area contributed by atoms with Crippen LogP contribution in [0.1, 0.15) is 37.3 Å². The summed E-state index contributed by atoms with van der Waals surface area (Å²) in [6.07, 6.45) is 3.51. The van der Waals surface area contributed by atoms with Gasteiger partial charge in [0, 0.05) is 26.2 Å². The van der Waals surface area contributed by atoms with Gasteiger partial charge in [0.25, 0.3) is 5.91 Å². The number of benzene rings is 2. The lowest BCUT2D eigenvalue weighted by Gasteiger charge is -2.44. The molecule has 0 bridgehead atoms. The average Bonchev–Trinajstić information content (AvgIpc) is 2.81. The van der Waals surface area contributed by atoms with E-state index in [4.69, 9.17) is 9.47 Å². The second kappa shape index (κ2) is 10.5. The van der Waals surface area contributed by atoms with Crippen LogP contribution < -0.4 is 4.74 Å². The Morgan fingerprint density at radius 2 is 1.84 bits per heavy atom. The van der Waals surface area contributed by atoms with E-state index in [1.165, 1.54) is 17.7 Å². The third-order valence-electron chi connectivity index (χ3n) is 6.51. The molecular formula is C26H33FN2O3. The Hall–Kier alpha value is -2.44. The van der Waals surface area contributed by atoms with E-state index in [-0.39, 0.29) is 11.7 Å². The molecule has 0 N–H and O–H groups in total. The Bertz CT molecular complexity index is 904. The molecule has 32 heavy (non-hydrogen) atoms. The number of rotatable bonds is 3. The van der Waals surface area contributed by atoms with Crippen LogP contribution in [0.15, 0.2) is 48.5 Å². The summed E-state index contributed by atoms with van der Waals surface area (Å²) in [5, 5.41) is 0. The molecule has 5 nitrogen and oxygen atoms in total. The first kappa shape index (κ1) is 22.7. The van der Waals surface area contributed by atoms with Gasteiger partial charge < -0.3 is 14.4 Å². The molecular weight excluding hydrogens is 407 g/mol. The fraction of sp³-hybridized carbons (Fsp3) is 0.500. The molecule has 0 radical (unpaired) electrons. The number of nitrogens with zero attached hydrogens (tertiary/aromatic N) is 2. The summed E-state index contributed by atoms with van der Waals surface area (Å²) < 4.78 is 25.6. The highest BCUT2D eigenvalue weighted by Crippen LogP contribution is 2.30. The van der Waals surface area contributed by atoms with Crippen molar-refractivity contribution in [2.24, 2.45) is 0 Å². The standard InChI is InChI=1S/C26H33FN2O3/c1-2-29-16-17-31-24-9-4-3-7-22(24)8-5-6-14-26(25(29)30)20-28(15-18-32-26)19-21-10-12-23(27)13-11-21/h3-4,7,9-13H,2,5-6,8,14-20H2,1H3. The van der Waals surface area contributed by atoms with E-state index in [1.807, 2.05) is 36.1 Å². The van der Waals surface area contributed by atoms with Gasteiger partial charge in [0.2, 0.25) is 0 Å². The first-order valence-electron chi connectivity index (χ1n) is 11.7. The van der Waals surface area contributed by atoms with Crippen molar-refractivity contribution in [2.45, 2.75) is 44.8 Å². The molecule has 2 aliphatic heterocycles. The molecule has 1 unspecified atom stereocenters. The van der Waals surface area contributed by atoms with Crippen molar-refractivity contribution >= 4 is 5.91 Å². The Kier molecular flexibility index (Phi) is 7.43. The fourth-order valence-corrected chi connectivity index (χ4v) is 4.76. The van der Waals surface area contributed by atoms with Crippen molar-refractivity contribution in [2.75, 3.05) is 39.4 Å². The summed E-state index contributed by atoms with van der Waals surface area (Å²) in [4.78, 5) is 17.9. The van der Waals surface area contributed by atoms with E-state index in [1.54, 1.807) is 0 Å². The maximum atomic E-state index is 13.7. The predicted octanol–water partition coefficient (Wildman–Crippen LogP) is 4.05. The van der Waals surface area contributed by atoms with Crippen LogP contribution in [0.5, 0.6) is 5.75 Å². The van der Waals surface area contributed by atoms with E-state index in [0.29, 0.717) is 45.8 Å². The van der Waals surface area contributed by atoms with Crippen LogP contribution in [-0.4, -0.2) is 60.7 Å². The number of hydrogen-bond donors (Lipinski definition) is 0. The minimum absolute atomic E-state index is 0.0567. The molecule has 0 aliphatic carbocycles. The van der Waals surface area contributed by atoms with Gasteiger partial charge in [-0.3, -0.25) is 9.69 Å². The zero-order valence-electron chi connectivity index (χ0n) is 18.9. The highest BCUT2D eigenvalue weighted by atomic mass is 19.1. The van der Waals surface area contributed by atoms with Gasteiger partial charge in [-0.1, -0.05) is 30.3 Å². The molecule has 0 saturated carbocycles. The molecule has 2 heterocycles. The van der Waals surface area contributed by atoms with Gasteiger partial charge in [-0.05, 0) is 61.9 Å². The summed E-state index contributed by atoms with van der Waals surface area (Å²) in [6, 6.07) is 14.8. The van der Waals surface area contributed by atoms with Crippen molar-refractivity contribution in [3.8, 4) is 5.75 Å². The number of amides is 1. The molecule has 2 aromatic carbocycles. The lowest BCUT2D eigenvalue weighted by Crippen LogP contribution is -2.60. The number of para-hydroxylation sites is 1. The van der Waals surface area contributed by atoms with Crippen molar-refractivity contribution in [1.82, 2.24) is 9.80 Å². The molecule has 1 atom stereocenters. The second-order valence-electron chi connectivity index (χ2n) is 8.73. The van der Waals surface area contributed by atoms with E-state index in [9.17, 15) is 9.18 Å². The Balaban J connectivity index is 1.52. The van der Waals surface area contributed by atoms with Crippen LogP contribution in [0.4, 0.5) is 4.39 Å². The van der Waals surface area contributed by atoms with Gasteiger partial charge in [0.05, 0.1) is 13.2 Å². The van der Waals surface area contributed by atoms with Crippen molar-refractivity contribution in [3.05, 3.63) is 65.5 Å². The van der Waals surface area contributed by atoms with E-state index in [2.05, 4.69) is 17.0 Å². The number of hydrogen-bond acceptors (Lipinski definition) is 4. The summed E-state index contributed by atoms with van der Waals surface area (Å²) in [6.45, 7) is 6.13. The Morgan fingerprint density at radius 1 is 1.03 bits per heavy atom. The number of aryl methyl sites for hydroxylation is 1. The molecule has 2 aromatic rings. The number of halogens is 1. The summed E-state index contributed by atoms with van der Waals surface area (Å²) in [7, 11) is 0. The molecule has 1 spiro atoms. The number of ether oxygens (including phenoxy) is 2. The monoisotopic (exact) mass is 440 g/mol. The zero-order valence-corrected chi connectivity index (χ0v) is 18.9. The summed E-state index contributed by atoms with van der Waals surface area (Å²) in [5.41, 5.74) is 1.42. The Labute approximate surface area is 190 Å². The molecule has 172 valence electrons. The number of morpholine rings is 1. The molecule has 0 aromatic heterocycles. The minimum atomic E-state index is -0.840. The smallest absolute Gasteiger partial charge is 0.256 e. The van der Waals surface area contributed by atoms with Gasteiger partial charge in [-0.15, -0.1) is 0 Å². The summed E-state index contributed by atoms with van der Waals surface area (Å²) in [5.74, 6) is 0.746. The highest BCUT2D eigenvalue weighted by Gasteiger charge is 2.45. The second-order valence-corrected chi connectivity index (χ2v) is 8.73. The lowest BCUT2D eigenvalue weighted by atomic mass is 9.90. The van der Waals surface area contributed by atoms with E-state index >= 15 is 0 Å². The zero-order chi connectivity index (χ0) is 22.4. The quantitative estimate of drug-likeness (QED) is 0.722. The molecule has 6 heteroatoms. The van der Waals surface area contributed by atoms with Gasteiger partial charge in [0.15, 0.2) is 5.60 Å². The fourth-order valence-electron chi connectivity index (χ4n) is 4.76.